The number of rotatable bonds is 4. The largest absolute Gasteiger partial charge is 0.493 e. The van der Waals surface area contributed by atoms with Crippen LogP contribution in [0.5, 0.6) is 11.5 Å². The third kappa shape index (κ3) is 3.32. The summed E-state index contributed by atoms with van der Waals surface area (Å²) in [6, 6.07) is 5.77. The van der Waals surface area contributed by atoms with E-state index in [-0.39, 0.29) is 17.1 Å². The van der Waals surface area contributed by atoms with Crippen LogP contribution in [0.15, 0.2) is 33.5 Å². The fourth-order valence-electron chi connectivity index (χ4n) is 2.62. The molecule has 0 unspecified atom stereocenters. The van der Waals surface area contributed by atoms with Gasteiger partial charge < -0.3 is 39.1 Å². The molecule has 0 saturated carbocycles. The molecule has 1 aromatic heterocycles. The molecule has 9 heteroatoms. The topological polar surface area (TPSA) is 139 Å². The van der Waals surface area contributed by atoms with E-state index in [2.05, 4.69) is 0 Å². The SMILES string of the molecule is COc1cc2ccc(=O)oc2cc1O[C@@H]1O[C@H](CO)[C@H](O)[C@H](O)[C@H]1O. The Hall–Kier alpha value is -2.17. The summed E-state index contributed by atoms with van der Waals surface area (Å²) in [5.74, 6) is 0.368. The third-order valence-corrected chi connectivity index (χ3v) is 4.00. The van der Waals surface area contributed by atoms with Crippen LogP contribution >= 0.6 is 0 Å². The van der Waals surface area contributed by atoms with E-state index in [9.17, 15) is 25.2 Å². The number of fused-ring (bicyclic) bond motifs is 1. The summed E-state index contributed by atoms with van der Waals surface area (Å²) in [5, 5.41) is 39.5. The first kappa shape index (κ1) is 17.6. The van der Waals surface area contributed by atoms with Gasteiger partial charge in [0.05, 0.1) is 13.7 Å². The second-order valence-electron chi connectivity index (χ2n) is 5.61. The van der Waals surface area contributed by atoms with Crippen molar-refractivity contribution in [3.05, 3.63) is 34.7 Å². The van der Waals surface area contributed by atoms with Gasteiger partial charge in [-0.25, -0.2) is 4.79 Å². The lowest BCUT2D eigenvalue weighted by atomic mass is 9.99. The summed E-state index contributed by atoms with van der Waals surface area (Å²) >= 11 is 0. The predicted octanol–water partition coefficient (Wildman–Crippen LogP) is -1.02. The molecule has 1 fully saturated rings. The van der Waals surface area contributed by atoms with Gasteiger partial charge in [0.1, 0.15) is 30.0 Å². The number of aliphatic hydroxyl groups excluding tert-OH is 4. The van der Waals surface area contributed by atoms with Crippen LogP contribution in [0.4, 0.5) is 0 Å². The van der Waals surface area contributed by atoms with Crippen LogP contribution in [0.25, 0.3) is 11.0 Å². The van der Waals surface area contributed by atoms with Crippen molar-refractivity contribution in [3.63, 3.8) is 0 Å². The molecular weight excluding hydrogens is 336 g/mol. The first-order chi connectivity index (χ1) is 11.9. The van der Waals surface area contributed by atoms with Gasteiger partial charge in [0.2, 0.25) is 6.29 Å². The van der Waals surface area contributed by atoms with E-state index in [1.807, 2.05) is 0 Å². The molecule has 1 aromatic carbocycles. The predicted molar refractivity (Wildman–Crippen MR) is 83.4 cm³/mol. The molecule has 0 spiro atoms. The average Bonchev–Trinajstić information content (AvgIpc) is 2.61. The van der Waals surface area contributed by atoms with Crippen molar-refractivity contribution >= 4 is 11.0 Å². The lowest BCUT2D eigenvalue weighted by Crippen LogP contribution is -2.60. The Morgan fingerprint density at radius 1 is 1.08 bits per heavy atom. The highest BCUT2D eigenvalue weighted by Crippen LogP contribution is 2.34. The standard InChI is InChI=1S/C16H18O9/c1-22-9-4-7-2-3-12(18)23-8(7)5-10(9)24-16-15(21)14(20)13(19)11(6-17)25-16/h2-5,11,13-17,19-21H,6H2,1H3/t11-,13+,14+,15-,16-/m1/s1. The summed E-state index contributed by atoms with van der Waals surface area (Å²) in [7, 11) is 1.40. The molecule has 4 N–H and O–H groups in total. The molecule has 0 radical (unpaired) electrons. The number of methoxy groups -OCH3 is 1. The Bertz CT molecular complexity index is 800. The Morgan fingerprint density at radius 2 is 1.84 bits per heavy atom. The van der Waals surface area contributed by atoms with Gasteiger partial charge in [0.25, 0.3) is 0 Å². The van der Waals surface area contributed by atoms with Crippen LogP contribution in [0, 0.1) is 0 Å². The second kappa shape index (κ2) is 6.98. The normalized spacial score (nSPS) is 29.6. The van der Waals surface area contributed by atoms with Crippen molar-refractivity contribution in [2.24, 2.45) is 0 Å². The molecule has 0 aliphatic carbocycles. The molecule has 1 aliphatic rings. The van der Waals surface area contributed by atoms with Crippen LogP contribution < -0.4 is 15.1 Å². The number of hydrogen-bond acceptors (Lipinski definition) is 9. The zero-order valence-electron chi connectivity index (χ0n) is 13.2. The van der Waals surface area contributed by atoms with Crippen LogP contribution in [0.3, 0.4) is 0 Å². The van der Waals surface area contributed by atoms with Gasteiger partial charge in [-0.15, -0.1) is 0 Å². The first-order valence-corrected chi connectivity index (χ1v) is 7.53. The molecule has 5 atom stereocenters. The van der Waals surface area contributed by atoms with Crippen LogP contribution in [0.2, 0.25) is 0 Å². The lowest BCUT2D eigenvalue weighted by Gasteiger charge is -2.39. The minimum absolute atomic E-state index is 0.0914. The van der Waals surface area contributed by atoms with Gasteiger partial charge in [-0.3, -0.25) is 0 Å². The Kier molecular flexibility index (Phi) is 4.93. The number of hydrogen-bond donors (Lipinski definition) is 4. The van der Waals surface area contributed by atoms with E-state index in [4.69, 9.17) is 18.6 Å². The Balaban J connectivity index is 1.94. The zero-order valence-corrected chi connectivity index (χ0v) is 13.2. The van der Waals surface area contributed by atoms with Gasteiger partial charge in [-0.1, -0.05) is 0 Å². The van der Waals surface area contributed by atoms with Crippen molar-refractivity contribution in [1.29, 1.82) is 0 Å². The fraction of sp³-hybridized carbons (Fsp3) is 0.438. The number of benzene rings is 1. The van der Waals surface area contributed by atoms with E-state index in [0.29, 0.717) is 5.39 Å². The van der Waals surface area contributed by atoms with E-state index in [0.717, 1.165) is 0 Å². The van der Waals surface area contributed by atoms with E-state index < -0.39 is 42.9 Å². The number of aliphatic hydroxyl groups is 4. The molecule has 25 heavy (non-hydrogen) atoms. The van der Waals surface area contributed by atoms with Gasteiger partial charge in [-0.05, 0) is 12.1 Å². The van der Waals surface area contributed by atoms with Crippen molar-refractivity contribution in [3.8, 4) is 11.5 Å². The summed E-state index contributed by atoms with van der Waals surface area (Å²) in [6.45, 7) is -0.575. The van der Waals surface area contributed by atoms with E-state index in [1.165, 1.54) is 19.2 Å². The third-order valence-electron chi connectivity index (χ3n) is 4.00. The highest BCUT2D eigenvalue weighted by atomic mass is 16.7. The van der Waals surface area contributed by atoms with E-state index >= 15 is 0 Å². The molecule has 2 heterocycles. The smallest absolute Gasteiger partial charge is 0.336 e. The summed E-state index contributed by atoms with van der Waals surface area (Å²) in [5.41, 5.74) is -0.315. The molecule has 1 saturated heterocycles. The van der Waals surface area contributed by atoms with Crippen molar-refractivity contribution in [2.75, 3.05) is 13.7 Å². The molecule has 2 aromatic rings. The van der Waals surface area contributed by atoms with Gasteiger partial charge in [0, 0.05) is 17.5 Å². The van der Waals surface area contributed by atoms with E-state index in [1.54, 1.807) is 12.1 Å². The maximum absolute atomic E-state index is 11.4. The minimum atomic E-state index is -1.57. The molecule has 3 rings (SSSR count). The maximum Gasteiger partial charge on any atom is 0.336 e. The molecule has 1 aliphatic heterocycles. The fourth-order valence-corrected chi connectivity index (χ4v) is 2.62. The highest BCUT2D eigenvalue weighted by Gasteiger charge is 2.45. The van der Waals surface area contributed by atoms with Crippen LogP contribution in [-0.4, -0.2) is 64.8 Å². The summed E-state index contributed by atoms with van der Waals surface area (Å²) < 4.78 is 21.1. The molecule has 136 valence electrons. The number of ether oxygens (including phenoxy) is 3. The maximum atomic E-state index is 11.4. The second-order valence-corrected chi connectivity index (χ2v) is 5.61. The van der Waals surface area contributed by atoms with Crippen molar-refractivity contribution in [1.82, 2.24) is 0 Å². The molecule has 0 bridgehead atoms. The van der Waals surface area contributed by atoms with Crippen LogP contribution in [0.1, 0.15) is 0 Å². The average molecular weight is 354 g/mol. The minimum Gasteiger partial charge on any atom is -0.493 e. The molecular formula is C16H18O9. The lowest BCUT2D eigenvalue weighted by molar-refractivity contribution is -0.277. The molecule has 9 nitrogen and oxygen atoms in total. The first-order valence-electron chi connectivity index (χ1n) is 7.53. The van der Waals surface area contributed by atoms with Crippen LogP contribution in [-0.2, 0) is 4.74 Å². The van der Waals surface area contributed by atoms with Gasteiger partial charge in [0.15, 0.2) is 11.5 Å². The highest BCUT2D eigenvalue weighted by molar-refractivity contribution is 5.80. The van der Waals surface area contributed by atoms with Gasteiger partial charge >= 0.3 is 5.63 Å². The Morgan fingerprint density at radius 3 is 2.52 bits per heavy atom. The molecule has 0 amide bonds. The summed E-state index contributed by atoms with van der Waals surface area (Å²) in [4.78, 5) is 11.4. The van der Waals surface area contributed by atoms with Gasteiger partial charge in [-0.2, -0.15) is 0 Å². The monoisotopic (exact) mass is 354 g/mol. The summed E-state index contributed by atoms with van der Waals surface area (Å²) in [6.07, 6.45) is -7.11. The quantitative estimate of drug-likeness (QED) is 0.508. The Labute approximate surface area is 141 Å². The van der Waals surface area contributed by atoms with Crippen molar-refractivity contribution in [2.45, 2.75) is 30.7 Å². The zero-order chi connectivity index (χ0) is 18.1. The van der Waals surface area contributed by atoms with Crippen molar-refractivity contribution < 1.29 is 39.1 Å².